The number of pyridine rings is 1. The number of hydrogen-bond donors (Lipinski definition) is 2. The predicted octanol–water partition coefficient (Wildman–Crippen LogP) is 4.58. The Balaban J connectivity index is 1.92. The van der Waals surface area contributed by atoms with E-state index < -0.39 is 6.09 Å². The molecule has 7 heteroatoms. The smallest absolute Gasteiger partial charge is 0.407 e. The van der Waals surface area contributed by atoms with Gasteiger partial charge in [0.25, 0.3) is 0 Å². The lowest BCUT2D eigenvalue weighted by molar-refractivity contribution is 0.112. The van der Waals surface area contributed by atoms with Crippen LogP contribution in [0.15, 0.2) is 30.6 Å². The van der Waals surface area contributed by atoms with Gasteiger partial charge in [-0.3, -0.25) is 14.9 Å². The molecule has 3 rings (SSSR count). The van der Waals surface area contributed by atoms with Crippen molar-refractivity contribution in [3.05, 3.63) is 47.4 Å². The molecule has 2 N–H and O–H groups in total. The zero-order valence-electron chi connectivity index (χ0n) is 17.2. The van der Waals surface area contributed by atoms with Crippen molar-refractivity contribution in [1.82, 2.24) is 20.5 Å². The van der Waals surface area contributed by atoms with E-state index in [-0.39, 0.29) is 12.0 Å². The summed E-state index contributed by atoms with van der Waals surface area (Å²) < 4.78 is 5.26. The Kier molecular flexibility index (Phi) is 6.26. The first-order chi connectivity index (χ1) is 13.9. The number of aromatic amines is 1. The van der Waals surface area contributed by atoms with E-state index in [1.807, 2.05) is 45.9 Å². The maximum absolute atomic E-state index is 12.1. The molecule has 0 aliphatic carbocycles. The highest BCUT2D eigenvalue weighted by molar-refractivity contribution is 5.97. The van der Waals surface area contributed by atoms with Crippen LogP contribution in [0.2, 0.25) is 0 Å². The molecule has 2 heterocycles. The minimum absolute atomic E-state index is 0.203. The van der Waals surface area contributed by atoms with E-state index >= 15 is 0 Å². The topological polar surface area (TPSA) is 97.0 Å². The van der Waals surface area contributed by atoms with Crippen LogP contribution in [0.3, 0.4) is 0 Å². The van der Waals surface area contributed by atoms with Crippen molar-refractivity contribution < 1.29 is 14.3 Å². The molecule has 2 aromatic heterocycles. The van der Waals surface area contributed by atoms with Crippen LogP contribution in [0.1, 0.15) is 54.8 Å². The van der Waals surface area contributed by atoms with Gasteiger partial charge in [0.2, 0.25) is 0 Å². The van der Waals surface area contributed by atoms with E-state index in [0.717, 1.165) is 39.4 Å². The van der Waals surface area contributed by atoms with Crippen molar-refractivity contribution in [2.75, 3.05) is 6.61 Å². The van der Waals surface area contributed by atoms with Gasteiger partial charge < -0.3 is 10.1 Å². The van der Waals surface area contributed by atoms with Gasteiger partial charge in [0.05, 0.1) is 18.2 Å². The third-order valence-electron chi connectivity index (χ3n) is 4.89. The molecule has 0 bridgehead atoms. The molecule has 0 aliphatic heterocycles. The zero-order valence-corrected chi connectivity index (χ0v) is 17.2. The Bertz CT molecular complexity index is 1030. The number of carbonyl (C=O) groups is 2. The molecule has 1 unspecified atom stereocenters. The van der Waals surface area contributed by atoms with Crippen LogP contribution >= 0.6 is 0 Å². The summed E-state index contributed by atoms with van der Waals surface area (Å²) in [5.41, 5.74) is 5.02. The Morgan fingerprint density at radius 2 is 2.10 bits per heavy atom. The van der Waals surface area contributed by atoms with Crippen molar-refractivity contribution >= 4 is 23.3 Å². The van der Waals surface area contributed by atoms with E-state index in [2.05, 4.69) is 20.5 Å². The number of H-pyrrole nitrogens is 1. The van der Waals surface area contributed by atoms with Gasteiger partial charge in [-0.1, -0.05) is 26.8 Å². The van der Waals surface area contributed by atoms with Crippen LogP contribution in [0.4, 0.5) is 4.79 Å². The standard InChI is InChI=1S/C22H26N4O3/c1-5-19(24-22(28)29-12-13(2)3)18-10-23-9-17(14(18)4)15-6-7-20-16(8-15)21(11-27)26-25-20/h6-11,13,19H,5,12H2,1-4H3,(H,24,28)(H,25,26). The SMILES string of the molecule is CCC(NC(=O)OCC(C)C)c1cncc(-c2ccc3n[nH]c(C=O)c3c2)c1C. The second-order valence-corrected chi connectivity index (χ2v) is 7.49. The fourth-order valence-electron chi connectivity index (χ4n) is 3.30. The van der Waals surface area contributed by atoms with E-state index in [1.54, 1.807) is 12.4 Å². The van der Waals surface area contributed by atoms with E-state index in [1.165, 1.54) is 0 Å². The number of fused-ring (bicyclic) bond motifs is 1. The lowest BCUT2D eigenvalue weighted by atomic mass is 9.94. The zero-order chi connectivity index (χ0) is 21.0. The molecule has 0 radical (unpaired) electrons. The van der Waals surface area contributed by atoms with E-state index in [9.17, 15) is 9.59 Å². The van der Waals surface area contributed by atoms with E-state index in [4.69, 9.17) is 4.74 Å². The fraction of sp³-hybridized carbons (Fsp3) is 0.364. The number of nitrogens with zero attached hydrogens (tertiary/aromatic N) is 2. The average molecular weight is 394 g/mol. The Morgan fingerprint density at radius 3 is 2.79 bits per heavy atom. The largest absolute Gasteiger partial charge is 0.449 e. The molecule has 0 saturated carbocycles. The molecular weight excluding hydrogens is 368 g/mol. The first kappa shape index (κ1) is 20.5. The maximum Gasteiger partial charge on any atom is 0.407 e. The number of benzene rings is 1. The number of hydrogen-bond acceptors (Lipinski definition) is 5. The molecule has 29 heavy (non-hydrogen) atoms. The summed E-state index contributed by atoms with van der Waals surface area (Å²) >= 11 is 0. The normalized spacial score (nSPS) is 12.2. The first-order valence-corrected chi connectivity index (χ1v) is 9.76. The van der Waals surface area contributed by atoms with Gasteiger partial charge in [-0.05, 0) is 48.1 Å². The van der Waals surface area contributed by atoms with Crippen molar-refractivity contribution in [1.29, 1.82) is 0 Å². The van der Waals surface area contributed by atoms with Crippen molar-refractivity contribution in [2.24, 2.45) is 5.92 Å². The van der Waals surface area contributed by atoms with Crippen LogP contribution in [0, 0.1) is 12.8 Å². The summed E-state index contributed by atoms with van der Waals surface area (Å²) in [6, 6.07) is 5.56. The molecule has 152 valence electrons. The molecular formula is C22H26N4O3. The van der Waals surface area contributed by atoms with Gasteiger partial charge in [0, 0.05) is 23.3 Å². The summed E-state index contributed by atoms with van der Waals surface area (Å²) in [7, 11) is 0. The predicted molar refractivity (Wildman–Crippen MR) is 112 cm³/mol. The van der Waals surface area contributed by atoms with Gasteiger partial charge in [-0.15, -0.1) is 0 Å². The lowest BCUT2D eigenvalue weighted by Gasteiger charge is -2.21. The van der Waals surface area contributed by atoms with Gasteiger partial charge >= 0.3 is 6.09 Å². The number of nitrogens with one attached hydrogen (secondary N) is 2. The second-order valence-electron chi connectivity index (χ2n) is 7.49. The second kappa shape index (κ2) is 8.86. The number of carbonyl (C=O) groups excluding carboxylic acids is 2. The molecule has 0 aliphatic rings. The minimum atomic E-state index is -0.425. The maximum atomic E-state index is 12.1. The number of rotatable bonds is 7. The fourth-order valence-corrected chi connectivity index (χ4v) is 3.30. The summed E-state index contributed by atoms with van der Waals surface area (Å²) in [6.45, 7) is 8.39. The molecule has 3 aromatic rings. The van der Waals surface area contributed by atoms with Gasteiger partial charge in [-0.25, -0.2) is 4.79 Å². The number of aldehydes is 1. The lowest BCUT2D eigenvalue weighted by Crippen LogP contribution is -2.30. The Morgan fingerprint density at radius 1 is 1.31 bits per heavy atom. The third-order valence-corrected chi connectivity index (χ3v) is 4.89. The number of ether oxygens (including phenoxy) is 1. The van der Waals surface area contributed by atoms with Gasteiger partial charge in [-0.2, -0.15) is 5.10 Å². The molecule has 1 aromatic carbocycles. The average Bonchev–Trinajstić information content (AvgIpc) is 3.13. The van der Waals surface area contributed by atoms with Crippen LogP contribution in [0.5, 0.6) is 0 Å². The number of amides is 1. The van der Waals surface area contributed by atoms with Gasteiger partial charge in [0.15, 0.2) is 6.29 Å². The third kappa shape index (κ3) is 4.45. The quantitative estimate of drug-likeness (QED) is 0.572. The van der Waals surface area contributed by atoms with E-state index in [0.29, 0.717) is 18.7 Å². The summed E-state index contributed by atoms with van der Waals surface area (Å²) in [6.07, 6.45) is 4.62. The van der Waals surface area contributed by atoms with Crippen LogP contribution in [0.25, 0.3) is 22.0 Å². The van der Waals surface area contributed by atoms with Gasteiger partial charge in [0.1, 0.15) is 5.69 Å². The molecule has 7 nitrogen and oxygen atoms in total. The van der Waals surface area contributed by atoms with Crippen molar-refractivity contribution in [2.45, 2.75) is 40.2 Å². The van der Waals surface area contributed by atoms with Crippen LogP contribution in [-0.2, 0) is 4.74 Å². The molecule has 0 fully saturated rings. The summed E-state index contributed by atoms with van der Waals surface area (Å²) in [4.78, 5) is 27.8. The van der Waals surface area contributed by atoms with Crippen molar-refractivity contribution in [3.8, 4) is 11.1 Å². The Hall–Kier alpha value is -3.22. The number of aromatic nitrogens is 3. The molecule has 1 amide bonds. The molecule has 0 saturated heterocycles. The summed E-state index contributed by atoms with van der Waals surface area (Å²) in [5.74, 6) is 0.279. The molecule has 1 atom stereocenters. The summed E-state index contributed by atoms with van der Waals surface area (Å²) in [5, 5.41) is 10.6. The van der Waals surface area contributed by atoms with Crippen LogP contribution < -0.4 is 5.32 Å². The molecule has 0 spiro atoms. The first-order valence-electron chi connectivity index (χ1n) is 9.76. The highest BCUT2D eigenvalue weighted by Crippen LogP contribution is 2.31. The van der Waals surface area contributed by atoms with Crippen LogP contribution in [-0.4, -0.2) is 34.2 Å². The minimum Gasteiger partial charge on any atom is -0.449 e. The monoisotopic (exact) mass is 394 g/mol. The number of alkyl carbamates (subject to hydrolysis) is 1. The Labute approximate surface area is 169 Å². The highest BCUT2D eigenvalue weighted by Gasteiger charge is 2.19. The van der Waals surface area contributed by atoms with Crippen molar-refractivity contribution in [3.63, 3.8) is 0 Å². The highest BCUT2D eigenvalue weighted by atomic mass is 16.5.